The number of alkyl halides is 2. The number of aliphatic hydroxyl groups excluding tert-OH is 1. The van der Waals surface area contributed by atoms with Crippen molar-refractivity contribution in [2.45, 2.75) is 12.0 Å². The highest BCUT2D eigenvalue weighted by molar-refractivity contribution is 8.14. The lowest BCUT2D eigenvalue weighted by atomic mass is 10.3. The Labute approximate surface area is 88.6 Å². The normalized spacial score (nSPS) is 21.3. The maximum atomic E-state index is 12.5. The summed E-state index contributed by atoms with van der Waals surface area (Å²) in [4.78, 5) is 21.9. The number of aliphatic hydroxyl groups is 1. The van der Waals surface area contributed by atoms with Crippen molar-refractivity contribution in [2.75, 3.05) is 18.9 Å². The van der Waals surface area contributed by atoms with Crippen LogP contribution in [-0.4, -0.2) is 47.1 Å². The van der Waals surface area contributed by atoms with Crippen LogP contribution in [0, 0.1) is 0 Å². The van der Waals surface area contributed by atoms with Gasteiger partial charge >= 0.3 is 0 Å². The molecule has 0 saturated carbocycles. The summed E-state index contributed by atoms with van der Waals surface area (Å²) in [5.74, 6) is -3.76. The lowest BCUT2D eigenvalue weighted by Crippen LogP contribution is -2.47. The van der Waals surface area contributed by atoms with Gasteiger partial charge in [0.1, 0.15) is 12.6 Å². The molecule has 0 aromatic heterocycles. The van der Waals surface area contributed by atoms with Gasteiger partial charge in [-0.15, -0.1) is 0 Å². The van der Waals surface area contributed by atoms with E-state index in [1.165, 1.54) is 0 Å². The number of carbonyl (C=O) groups is 2. The van der Waals surface area contributed by atoms with Gasteiger partial charge in [0.05, 0.1) is 6.54 Å². The van der Waals surface area contributed by atoms with Gasteiger partial charge < -0.3 is 15.7 Å². The van der Waals surface area contributed by atoms with E-state index < -0.39 is 31.0 Å². The molecule has 0 aliphatic carbocycles. The van der Waals surface area contributed by atoms with Gasteiger partial charge in [0.2, 0.25) is 5.91 Å². The SMILES string of the molecule is O=C1NC(C(=O)NCC(F)(F)CO)CS1. The first-order valence-electron chi connectivity index (χ1n) is 4.14. The number of halogens is 2. The van der Waals surface area contributed by atoms with Crippen molar-refractivity contribution in [3.05, 3.63) is 0 Å². The maximum absolute atomic E-state index is 12.5. The van der Waals surface area contributed by atoms with E-state index in [1.807, 2.05) is 5.32 Å². The molecule has 5 nitrogen and oxygen atoms in total. The molecule has 1 atom stereocenters. The number of carbonyl (C=O) groups excluding carboxylic acids is 2. The number of hydrogen-bond donors (Lipinski definition) is 3. The minimum atomic E-state index is -3.33. The Kier molecular flexibility index (Phi) is 3.86. The Morgan fingerprint density at radius 3 is 2.87 bits per heavy atom. The van der Waals surface area contributed by atoms with Crippen LogP contribution in [0.4, 0.5) is 13.6 Å². The molecule has 1 saturated heterocycles. The molecule has 86 valence electrons. The van der Waals surface area contributed by atoms with Gasteiger partial charge in [-0.05, 0) is 0 Å². The van der Waals surface area contributed by atoms with Crippen molar-refractivity contribution in [2.24, 2.45) is 0 Å². The second-order valence-corrected chi connectivity index (χ2v) is 4.02. The molecule has 0 radical (unpaired) electrons. The molecule has 1 aliphatic heterocycles. The lowest BCUT2D eigenvalue weighted by Gasteiger charge is -2.15. The molecule has 0 aromatic carbocycles. The molecule has 0 bridgehead atoms. The molecule has 1 rings (SSSR count). The van der Waals surface area contributed by atoms with E-state index in [0.717, 1.165) is 11.8 Å². The molecule has 8 heteroatoms. The quantitative estimate of drug-likeness (QED) is 0.622. The highest BCUT2D eigenvalue weighted by Gasteiger charge is 2.32. The minimum absolute atomic E-state index is 0.232. The van der Waals surface area contributed by atoms with Crippen LogP contribution in [0.3, 0.4) is 0 Å². The summed E-state index contributed by atoms with van der Waals surface area (Å²) >= 11 is 0.925. The van der Waals surface area contributed by atoms with E-state index in [0.29, 0.717) is 0 Å². The third-order valence-electron chi connectivity index (χ3n) is 1.74. The van der Waals surface area contributed by atoms with Crippen LogP contribution in [-0.2, 0) is 4.79 Å². The highest BCUT2D eigenvalue weighted by Crippen LogP contribution is 2.14. The summed E-state index contributed by atoms with van der Waals surface area (Å²) in [5.41, 5.74) is 0. The van der Waals surface area contributed by atoms with Crippen LogP contribution < -0.4 is 10.6 Å². The average molecular weight is 240 g/mol. The van der Waals surface area contributed by atoms with Crippen LogP contribution in [0.25, 0.3) is 0 Å². The number of amides is 2. The van der Waals surface area contributed by atoms with Crippen LogP contribution in [0.1, 0.15) is 0 Å². The Bertz CT molecular complexity index is 275. The number of rotatable bonds is 4. The lowest BCUT2D eigenvalue weighted by molar-refractivity contribution is -0.125. The highest BCUT2D eigenvalue weighted by atomic mass is 32.2. The Hall–Kier alpha value is -0.890. The van der Waals surface area contributed by atoms with Gasteiger partial charge in [-0.3, -0.25) is 9.59 Å². The van der Waals surface area contributed by atoms with Gasteiger partial charge in [0.25, 0.3) is 11.2 Å². The van der Waals surface area contributed by atoms with Crippen molar-refractivity contribution >= 4 is 22.9 Å². The first-order chi connectivity index (χ1) is 6.94. The van der Waals surface area contributed by atoms with Gasteiger partial charge in [-0.1, -0.05) is 11.8 Å². The van der Waals surface area contributed by atoms with E-state index in [1.54, 1.807) is 0 Å². The Morgan fingerprint density at radius 2 is 2.40 bits per heavy atom. The minimum Gasteiger partial charge on any atom is -0.390 e. The summed E-state index contributed by atoms with van der Waals surface area (Å²) < 4.78 is 25.0. The largest absolute Gasteiger partial charge is 0.390 e. The monoisotopic (exact) mass is 240 g/mol. The molecule has 0 aromatic rings. The smallest absolute Gasteiger partial charge is 0.287 e. The second-order valence-electron chi connectivity index (χ2n) is 3.03. The van der Waals surface area contributed by atoms with Crippen LogP contribution in [0.15, 0.2) is 0 Å². The zero-order valence-electron chi connectivity index (χ0n) is 7.63. The van der Waals surface area contributed by atoms with Crippen LogP contribution in [0.2, 0.25) is 0 Å². The molecule has 2 amide bonds. The van der Waals surface area contributed by atoms with Crippen molar-refractivity contribution in [3.8, 4) is 0 Å². The van der Waals surface area contributed by atoms with E-state index >= 15 is 0 Å². The van der Waals surface area contributed by atoms with Gasteiger partial charge in [0.15, 0.2) is 0 Å². The van der Waals surface area contributed by atoms with E-state index in [2.05, 4.69) is 5.32 Å². The molecule has 1 unspecified atom stereocenters. The molecule has 3 N–H and O–H groups in total. The predicted molar refractivity (Wildman–Crippen MR) is 49.8 cm³/mol. The summed E-state index contributed by atoms with van der Waals surface area (Å²) in [5, 5.41) is 12.2. The topological polar surface area (TPSA) is 78.4 Å². The van der Waals surface area contributed by atoms with Crippen molar-refractivity contribution in [3.63, 3.8) is 0 Å². The van der Waals surface area contributed by atoms with Gasteiger partial charge in [0, 0.05) is 5.75 Å². The average Bonchev–Trinajstić information content (AvgIpc) is 2.61. The number of thioether (sulfide) groups is 1. The van der Waals surface area contributed by atoms with Crippen LogP contribution >= 0.6 is 11.8 Å². The third kappa shape index (κ3) is 3.63. The van der Waals surface area contributed by atoms with Crippen molar-refractivity contribution in [1.82, 2.24) is 10.6 Å². The van der Waals surface area contributed by atoms with Crippen LogP contribution in [0.5, 0.6) is 0 Å². The summed E-state index contributed by atoms with van der Waals surface area (Å²) in [6.07, 6.45) is 0. The fourth-order valence-corrected chi connectivity index (χ4v) is 1.70. The fraction of sp³-hybridized carbons (Fsp3) is 0.714. The van der Waals surface area contributed by atoms with Crippen molar-refractivity contribution < 1.29 is 23.5 Å². The molecule has 1 fully saturated rings. The summed E-state index contributed by atoms with van der Waals surface area (Å²) in [6, 6.07) is -0.767. The second kappa shape index (κ2) is 4.75. The maximum Gasteiger partial charge on any atom is 0.287 e. The molecule has 1 heterocycles. The van der Waals surface area contributed by atoms with Crippen molar-refractivity contribution in [1.29, 1.82) is 0 Å². The van der Waals surface area contributed by atoms with Gasteiger partial charge in [-0.25, -0.2) is 8.78 Å². The van der Waals surface area contributed by atoms with E-state index in [9.17, 15) is 18.4 Å². The zero-order valence-corrected chi connectivity index (χ0v) is 8.44. The number of hydrogen-bond acceptors (Lipinski definition) is 4. The molecular weight excluding hydrogens is 230 g/mol. The summed E-state index contributed by atoms with van der Waals surface area (Å²) in [7, 11) is 0. The Morgan fingerprint density at radius 1 is 1.73 bits per heavy atom. The first kappa shape index (κ1) is 12.2. The zero-order chi connectivity index (χ0) is 11.5. The van der Waals surface area contributed by atoms with E-state index in [-0.39, 0.29) is 11.0 Å². The predicted octanol–water partition coefficient (Wildman–Crippen LogP) is -0.445. The molecule has 15 heavy (non-hydrogen) atoms. The standard InChI is InChI=1S/C7H10F2N2O3S/c8-7(9,3-12)2-10-5(13)4-1-15-6(14)11-4/h4,12H,1-3H2,(H,10,13)(H,11,14). The molecule has 1 aliphatic rings. The molecular formula is C7H10F2N2O3S. The first-order valence-corrected chi connectivity index (χ1v) is 5.13. The summed E-state index contributed by atoms with van der Waals surface area (Å²) in [6.45, 7) is -2.25. The number of nitrogens with one attached hydrogen (secondary N) is 2. The molecule has 0 spiro atoms. The van der Waals surface area contributed by atoms with E-state index in [4.69, 9.17) is 5.11 Å². The third-order valence-corrected chi connectivity index (χ3v) is 2.62. The fourth-order valence-electron chi connectivity index (χ4n) is 0.921. The Balaban J connectivity index is 2.33. The van der Waals surface area contributed by atoms with Gasteiger partial charge in [-0.2, -0.15) is 0 Å².